The SMILES string of the molecule is CN[C@H]1CC(=O)N([C@@H](Cc2ccc(O)cc2)C(=O)NC(Cc2ccc(O)cc2)C(=O)N[C@@H](CCCNC(=N)N)C(=O)NC(CCCNC(=N)N)C(=O)NCC(=O)NCC=O)C1=O. The summed E-state index contributed by atoms with van der Waals surface area (Å²) in [5.74, 6) is -6.21. The van der Waals surface area contributed by atoms with E-state index in [9.17, 15) is 48.6 Å². The number of carbonyl (C=O) groups excluding carboxylic acids is 8. The van der Waals surface area contributed by atoms with Crippen LogP contribution in [0.15, 0.2) is 48.5 Å². The van der Waals surface area contributed by atoms with Crippen molar-refractivity contribution in [3.63, 3.8) is 0 Å². The van der Waals surface area contributed by atoms with Gasteiger partial charge in [0.1, 0.15) is 42.0 Å². The number of imide groups is 1. The number of likely N-dealkylation sites (tertiary alicyclic amines) is 1. The summed E-state index contributed by atoms with van der Waals surface area (Å²) < 4.78 is 0. The van der Waals surface area contributed by atoms with Crippen LogP contribution in [0.3, 0.4) is 0 Å². The zero-order valence-corrected chi connectivity index (χ0v) is 34.1. The molecule has 0 spiro atoms. The van der Waals surface area contributed by atoms with Crippen molar-refractivity contribution in [2.45, 2.75) is 75.2 Å². The second kappa shape index (κ2) is 24.7. The highest BCUT2D eigenvalue weighted by molar-refractivity contribution is 6.09. The fourth-order valence-corrected chi connectivity index (χ4v) is 6.35. The van der Waals surface area contributed by atoms with Crippen LogP contribution in [0.2, 0.25) is 0 Å². The van der Waals surface area contributed by atoms with Crippen LogP contribution in [0.25, 0.3) is 0 Å². The third-order valence-corrected chi connectivity index (χ3v) is 9.56. The first-order chi connectivity index (χ1) is 29.5. The van der Waals surface area contributed by atoms with Crippen LogP contribution in [0.4, 0.5) is 0 Å². The summed E-state index contributed by atoms with van der Waals surface area (Å²) >= 11 is 0. The minimum atomic E-state index is -1.46. The number of phenolic OH excluding ortho intramolecular Hbond substituents is 2. The van der Waals surface area contributed by atoms with Crippen molar-refractivity contribution in [1.82, 2.24) is 47.4 Å². The van der Waals surface area contributed by atoms with Crippen LogP contribution >= 0.6 is 0 Å². The van der Waals surface area contributed by atoms with Crippen LogP contribution in [0, 0.1) is 10.8 Å². The van der Waals surface area contributed by atoms with Gasteiger partial charge in [0.2, 0.25) is 41.4 Å². The number of hydrogen-bond acceptors (Lipinski definition) is 13. The number of guanidine groups is 2. The summed E-state index contributed by atoms with van der Waals surface area (Å²) in [5, 5.41) is 55.1. The molecule has 5 atom stereocenters. The van der Waals surface area contributed by atoms with E-state index in [1.807, 2.05) is 0 Å². The topological polar surface area (TPSA) is 376 Å². The number of phenols is 2. The second-order valence-electron chi connectivity index (χ2n) is 14.2. The van der Waals surface area contributed by atoms with Crippen molar-refractivity contribution in [2.24, 2.45) is 11.5 Å². The maximum absolute atomic E-state index is 14.3. The van der Waals surface area contributed by atoms with E-state index in [-0.39, 0.29) is 88.0 Å². The lowest BCUT2D eigenvalue weighted by molar-refractivity contribution is -0.147. The molecule has 1 saturated heterocycles. The Bertz CT molecular complexity index is 1930. The molecule has 1 fully saturated rings. The predicted octanol–water partition coefficient (Wildman–Crippen LogP) is -3.99. The number of rotatable bonds is 25. The van der Waals surface area contributed by atoms with Crippen molar-refractivity contribution in [3.05, 3.63) is 59.7 Å². The number of nitrogens with zero attached hydrogens (tertiary/aromatic N) is 1. The lowest BCUT2D eigenvalue weighted by Crippen LogP contribution is -2.59. The summed E-state index contributed by atoms with van der Waals surface area (Å²) in [7, 11) is 1.49. The molecule has 2 unspecified atom stereocenters. The summed E-state index contributed by atoms with van der Waals surface area (Å²) in [6, 6.07) is 5.00. The molecule has 23 heteroatoms. The molecule has 7 amide bonds. The average molecular weight is 866 g/mol. The Kier molecular flexibility index (Phi) is 19.5. The molecular formula is C39H55N13O10. The van der Waals surface area contributed by atoms with Gasteiger partial charge >= 0.3 is 0 Å². The molecule has 62 heavy (non-hydrogen) atoms. The Morgan fingerprint density at radius 1 is 0.726 bits per heavy atom. The molecule has 0 radical (unpaired) electrons. The number of benzene rings is 2. The van der Waals surface area contributed by atoms with Gasteiger partial charge in [0.05, 0.1) is 25.6 Å². The Morgan fingerprint density at radius 2 is 1.21 bits per heavy atom. The normalized spacial score (nSPS) is 15.2. The predicted molar refractivity (Wildman–Crippen MR) is 223 cm³/mol. The summed E-state index contributed by atoms with van der Waals surface area (Å²) in [6.45, 7) is -0.575. The smallest absolute Gasteiger partial charge is 0.247 e. The van der Waals surface area contributed by atoms with Crippen molar-refractivity contribution in [2.75, 3.05) is 33.2 Å². The standard InChI is InChI=1S/C39H55N13O10/c1-44-29-20-32(57)52(37(29)62)30(19-23-8-12-25(55)13-9-23)36(61)51-28(18-22-6-10-24(54)11-7-22)35(60)50-27(5-3-15-47-39(42)43)34(59)49-26(4-2-14-46-38(40)41)33(58)48-21-31(56)45-16-17-53/h6-13,17,26-30,44,54-55H,2-5,14-16,18-21H2,1H3,(H,45,56)(H,48,58)(H,49,59)(H,50,60)(H,51,61)(H4,40,41,46)(H4,42,43,47)/t26?,27-,28?,29-,30-/m0/s1. The highest BCUT2D eigenvalue weighted by atomic mass is 16.3. The number of nitrogens with one attached hydrogen (secondary N) is 10. The van der Waals surface area contributed by atoms with Crippen molar-refractivity contribution in [3.8, 4) is 11.5 Å². The van der Waals surface area contributed by atoms with Gasteiger partial charge in [0.15, 0.2) is 11.9 Å². The van der Waals surface area contributed by atoms with Gasteiger partial charge < -0.3 is 69.0 Å². The number of hydrogen-bond donors (Lipinski definition) is 14. The average Bonchev–Trinajstić information content (AvgIpc) is 3.52. The second-order valence-corrected chi connectivity index (χ2v) is 14.2. The van der Waals surface area contributed by atoms with E-state index in [1.165, 1.54) is 55.6 Å². The van der Waals surface area contributed by atoms with E-state index >= 15 is 0 Å². The highest BCUT2D eigenvalue weighted by Crippen LogP contribution is 2.21. The van der Waals surface area contributed by atoms with Crippen molar-refractivity contribution in [1.29, 1.82) is 10.8 Å². The van der Waals surface area contributed by atoms with Crippen molar-refractivity contribution < 1.29 is 48.6 Å². The number of carbonyl (C=O) groups is 8. The van der Waals surface area contributed by atoms with Crippen molar-refractivity contribution >= 4 is 59.6 Å². The molecule has 0 aromatic heterocycles. The Hall–Kier alpha value is -7.30. The quantitative estimate of drug-likeness (QED) is 0.0149. The molecule has 0 aliphatic carbocycles. The molecule has 336 valence electrons. The minimum Gasteiger partial charge on any atom is -0.508 e. The Balaban J connectivity index is 1.96. The molecule has 2 aromatic carbocycles. The minimum absolute atomic E-state index is 0.0231. The highest BCUT2D eigenvalue weighted by Gasteiger charge is 2.45. The lowest BCUT2D eigenvalue weighted by atomic mass is 10.0. The van der Waals surface area contributed by atoms with E-state index in [1.54, 1.807) is 0 Å². The van der Waals surface area contributed by atoms with Gasteiger partial charge in [-0.2, -0.15) is 0 Å². The maximum atomic E-state index is 14.3. The van der Waals surface area contributed by atoms with Crippen LogP contribution in [0.5, 0.6) is 11.5 Å². The Morgan fingerprint density at radius 3 is 1.69 bits per heavy atom. The molecule has 23 nitrogen and oxygen atoms in total. The maximum Gasteiger partial charge on any atom is 0.247 e. The number of aromatic hydroxyl groups is 2. The molecule has 1 aliphatic rings. The van der Waals surface area contributed by atoms with E-state index in [2.05, 4.69) is 42.5 Å². The van der Waals surface area contributed by atoms with Crippen LogP contribution < -0.4 is 54.0 Å². The fourth-order valence-electron chi connectivity index (χ4n) is 6.35. The molecule has 1 heterocycles. The third kappa shape index (κ3) is 16.0. The van der Waals surface area contributed by atoms with Crippen LogP contribution in [0.1, 0.15) is 43.2 Å². The molecule has 0 saturated carbocycles. The molecule has 0 bridgehead atoms. The summed E-state index contributed by atoms with van der Waals surface area (Å²) in [6.07, 6.45) is 0.0963. The van der Waals surface area contributed by atoms with Gasteiger partial charge in [-0.3, -0.25) is 49.3 Å². The first-order valence-corrected chi connectivity index (χ1v) is 19.7. The van der Waals surface area contributed by atoms with Gasteiger partial charge in [0.25, 0.3) is 0 Å². The first kappa shape index (κ1) is 49.1. The number of likely N-dealkylation sites (N-methyl/N-ethyl adjacent to an activating group) is 1. The number of amides is 7. The van der Waals surface area contributed by atoms with Gasteiger partial charge in [-0.05, 0) is 68.1 Å². The van der Waals surface area contributed by atoms with E-state index in [0.717, 1.165) is 4.90 Å². The lowest BCUT2D eigenvalue weighted by Gasteiger charge is -2.29. The fraction of sp³-hybridized carbons (Fsp3) is 0.436. The third-order valence-electron chi connectivity index (χ3n) is 9.56. The summed E-state index contributed by atoms with van der Waals surface area (Å²) in [4.78, 5) is 106. The molecular weight excluding hydrogens is 811 g/mol. The molecule has 1 aliphatic heterocycles. The van der Waals surface area contributed by atoms with Crippen LogP contribution in [-0.4, -0.2) is 138 Å². The number of aldehydes is 1. The Labute approximate surface area is 356 Å². The van der Waals surface area contributed by atoms with E-state index < -0.39 is 78.1 Å². The zero-order valence-electron chi connectivity index (χ0n) is 34.1. The first-order valence-electron chi connectivity index (χ1n) is 19.7. The molecule has 2 aromatic rings. The monoisotopic (exact) mass is 865 g/mol. The van der Waals surface area contributed by atoms with Gasteiger partial charge in [-0.25, -0.2) is 0 Å². The van der Waals surface area contributed by atoms with E-state index in [0.29, 0.717) is 17.4 Å². The molecule has 3 rings (SSSR count). The largest absolute Gasteiger partial charge is 0.508 e. The molecule has 16 N–H and O–H groups in total. The van der Waals surface area contributed by atoms with Gasteiger partial charge in [0, 0.05) is 25.9 Å². The zero-order chi connectivity index (χ0) is 45.8. The van der Waals surface area contributed by atoms with Gasteiger partial charge in [-0.1, -0.05) is 24.3 Å². The summed E-state index contributed by atoms with van der Waals surface area (Å²) in [5.41, 5.74) is 11.7. The van der Waals surface area contributed by atoms with E-state index in [4.69, 9.17) is 22.3 Å². The number of nitrogens with two attached hydrogens (primary N) is 2. The van der Waals surface area contributed by atoms with Crippen LogP contribution in [-0.2, 0) is 51.2 Å². The van der Waals surface area contributed by atoms with Gasteiger partial charge in [-0.15, -0.1) is 0 Å².